The number of rotatable bonds is 5. The SMILES string of the molecule is CC(C)S(=O)(=O)N1CC2(C1)OCC[C@@H]2COc1ncccc1F. The molecule has 1 aromatic heterocycles. The molecule has 0 N–H and O–H groups in total. The van der Waals surface area contributed by atoms with Crippen molar-refractivity contribution in [2.24, 2.45) is 5.92 Å². The van der Waals surface area contributed by atoms with Gasteiger partial charge in [-0.1, -0.05) is 0 Å². The minimum absolute atomic E-state index is 0.0273. The standard InChI is InChI=1S/C15H21FN2O4S/c1-11(2)23(19,20)18-9-15(10-18)12(5-7-22-15)8-21-14-13(16)4-3-6-17-14/h3-4,6,11-12H,5,7-10H2,1-2H3/t12-/m1/s1. The molecular weight excluding hydrogens is 323 g/mol. The third kappa shape index (κ3) is 2.95. The Morgan fingerprint density at radius 1 is 1.52 bits per heavy atom. The maximum atomic E-state index is 13.6. The highest BCUT2D eigenvalue weighted by atomic mass is 32.2. The van der Waals surface area contributed by atoms with Gasteiger partial charge in [0, 0.05) is 31.8 Å². The normalized spacial score (nSPS) is 24.1. The van der Waals surface area contributed by atoms with Gasteiger partial charge in [0.2, 0.25) is 15.9 Å². The van der Waals surface area contributed by atoms with E-state index >= 15 is 0 Å². The summed E-state index contributed by atoms with van der Waals surface area (Å²) in [5, 5.41) is -0.446. The number of pyridine rings is 1. The van der Waals surface area contributed by atoms with Crippen LogP contribution in [0.5, 0.6) is 5.88 Å². The first kappa shape index (κ1) is 16.6. The Kier molecular flexibility index (Phi) is 4.33. The fourth-order valence-electron chi connectivity index (χ4n) is 3.06. The second-order valence-corrected chi connectivity index (χ2v) is 8.85. The van der Waals surface area contributed by atoms with Gasteiger partial charge in [-0.05, 0) is 32.4 Å². The van der Waals surface area contributed by atoms with E-state index in [0.29, 0.717) is 19.7 Å². The molecule has 6 nitrogen and oxygen atoms in total. The molecule has 0 unspecified atom stereocenters. The van der Waals surface area contributed by atoms with Crippen LogP contribution < -0.4 is 4.74 Å². The Morgan fingerprint density at radius 3 is 2.91 bits per heavy atom. The molecule has 0 saturated carbocycles. The van der Waals surface area contributed by atoms with Crippen LogP contribution in [0.2, 0.25) is 0 Å². The summed E-state index contributed by atoms with van der Waals surface area (Å²) in [5.74, 6) is -0.499. The van der Waals surface area contributed by atoms with Crippen molar-refractivity contribution in [1.82, 2.24) is 9.29 Å². The van der Waals surface area contributed by atoms with E-state index in [4.69, 9.17) is 9.47 Å². The smallest absolute Gasteiger partial charge is 0.250 e. The number of ether oxygens (including phenoxy) is 2. The van der Waals surface area contributed by atoms with Crippen molar-refractivity contribution in [3.05, 3.63) is 24.1 Å². The van der Waals surface area contributed by atoms with Crippen LogP contribution in [-0.2, 0) is 14.8 Å². The molecule has 8 heteroatoms. The molecule has 1 spiro atoms. The van der Waals surface area contributed by atoms with Crippen molar-refractivity contribution >= 4 is 10.0 Å². The zero-order chi connectivity index (χ0) is 16.7. The summed E-state index contributed by atoms with van der Waals surface area (Å²) in [6.45, 7) is 4.84. The van der Waals surface area contributed by atoms with E-state index in [1.165, 1.54) is 22.6 Å². The van der Waals surface area contributed by atoms with Crippen molar-refractivity contribution in [1.29, 1.82) is 0 Å². The van der Waals surface area contributed by atoms with Crippen LogP contribution in [0.15, 0.2) is 18.3 Å². The Labute approximate surface area is 135 Å². The predicted molar refractivity (Wildman–Crippen MR) is 82.1 cm³/mol. The van der Waals surface area contributed by atoms with E-state index < -0.39 is 26.7 Å². The summed E-state index contributed by atoms with van der Waals surface area (Å²) in [6.07, 6.45) is 2.24. The van der Waals surface area contributed by atoms with Crippen LogP contribution in [0.3, 0.4) is 0 Å². The molecule has 0 amide bonds. The van der Waals surface area contributed by atoms with Gasteiger partial charge in [0.05, 0.1) is 11.9 Å². The minimum Gasteiger partial charge on any atom is -0.475 e. The average molecular weight is 344 g/mol. The van der Waals surface area contributed by atoms with Crippen molar-refractivity contribution in [2.75, 3.05) is 26.3 Å². The van der Waals surface area contributed by atoms with Crippen LogP contribution >= 0.6 is 0 Å². The first-order valence-corrected chi connectivity index (χ1v) is 9.22. The number of sulfonamides is 1. The Morgan fingerprint density at radius 2 is 2.26 bits per heavy atom. The van der Waals surface area contributed by atoms with Gasteiger partial charge in [0.15, 0.2) is 5.82 Å². The molecule has 23 heavy (non-hydrogen) atoms. The molecule has 0 bridgehead atoms. The van der Waals surface area contributed by atoms with Gasteiger partial charge >= 0.3 is 0 Å². The highest BCUT2D eigenvalue weighted by molar-refractivity contribution is 7.89. The average Bonchev–Trinajstić information content (AvgIpc) is 2.88. The maximum absolute atomic E-state index is 13.6. The topological polar surface area (TPSA) is 68.7 Å². The Balaban J connectivity index is 1.63. The van der Waals surface area contributed by atoms with Crippen molar-refractivity contribution in [2.45, 2.75) is 31.1 Å². The fraction of sp³-hybridized carbons (Fsp3) is 0.667. The maximum Gasteiger partial charge on any atom is 0.250 e. The molecule has 2 aliphatic heterocycles. The van der Waals surface area contributed by atoms with Crippen LogP contribution in [0.25, 0.3) is 0 Å². The van der Waals surface area contributed by atoms with Crippen molar-refractivity contribution in [3.8, 4) is 5.88 Å². The van der Waals surface area contributed by atoms with E-state index in [1.54, 1.807) is 13.8 Å². The molecular formula is C15H21FN2O4S. The lowest BCUT2D eigenvalue weighted by atomic mass is 9.83. The fourth-order valence-corrected chi connectivity index (χ4v) is 4.45. The summed E-state index contributed by atoms with van der Waals surface area (Å²) in [5.41, 5.74) is -0.507. The summed E-state index contributed by atoms with van der Waals surface area (Å²) in [7, 11) is -3.26. The number of nitrogens with zero attached hydrogens (tertiary/aromatic N) is 2. The van der Waals surface area contributed by atoms with E-state index in [9.17, 15) is 12.8 Å². The molecule has 128 valence electrons. The van der Waals surface area contributed by atoms with Gasteiger partial charge < -0.3 is 9.47 Å². The van der Waals surface area contributed by atoms with Crippen molar-refractivity contribution < 1.29 is 22.3 Å². The molecule has 3 heterocycles. The number of hydrogen-bond acceptors (Lipinski definition) is 5. The van der Waals surface area contributed by atoms with Crippen LogP contribution in [0, 0.1) is 11.7 Å². The molecule has 2 saturated heterocycles. The Bertz CT molecular complexity index is 674. The third-order valence-electron chi connectivity index (χ3n) is 4.59. The highest BCUT2D eigenvalue weighted by Crippen LogP contribution is 2.41. The van der Waals surface area contributed by atoms with Crippen LogP contribution in [0.4, 0.5) is 4.39 Å². The number of aromatic nitrogens is 1. The van der Waals surface area contributed by atoms with Gasteiger partial charge in [-0.25, -0.2) is 17.8 Å². The molecule has 0 aromatic carbocycles. The van der Waals surface area contributed by atoms with Gasteiger partial charge in [-0.15, -0.1) is 0 Å². The quantitative estimate of drug-likeness (QED) is 0.808. The molecule has 2 fully saturated rings. The van der Waals surface area contributed by atoms with E-state index in [-0.39, 0.29) is 18.4 Å². The van der Waals surface area contributed by atoms with E-state index in [0.717, 1.165) is 6.42 Å². The largest absolute Gasteiger partial charge is 0.475 e. The van der Waals surface area contributed by atoms with Gasteiger partial charge in [0.1, 0.15) is 5.60 Å². The summed E-state index contributed by atoms with van der Waals surface area (Å²) < 4.78 is 50.6. The van der Waals surface area contributed by atoms with Crippen molar-refractivity contribution in [3.63, 3.8) is 0 Å². The monoisotopic (exact) mass is 344 g/mol. The van der Waals surface area contributed by atoms with E-state index in [2.05, 4.69) is 4.98 Å². The molecule has 3 rings (SSSR count). The van der Waals surface area contributed by atoms with Gasteiger partial charge in [-0.2, -0.15) is 4.31 Å². The predicted octanol–water partition coefficient (Wildman–Crippen LogP) is 1.43. The zero-order valence-electron chi connectivity index (χ0n) is 13.2. The second-order valence-electron chi connectivity index (χ2n) is 6.36. The number of hydrogen-bond donors (Lipinski definition) is 0. The van der Waals surface area contributed by atoms with Gasteiger partial charge in [-0.3, -0.25) is 0 Å². The molecule has 1 aromatic rings. The Hall–Kier alpha value is -1.25. The lowest BCUT2D eigenvalue weighted by molar-refractivity contribution is -0.108. The second kappa shape index (κ2) is 5.99. The van der Waals surface area contributed by atoms with Gasteiger partial charge in [0.25, 0.3) is 0 Å². The summed E-state index contributed by atoms with van der Waals surface area (Å²) in [4.78, 5) is 3.86. The molecule has 1 atom stereocenters. The first-order chi connectivity index (χ1) is 10.8. The minimum atomic E-state index is -3.26. The zero-order valence-corrected chi connectivity index (χ0v) is 14.1. The van der Waals surface area contributed by atoms with E-state index in [1.807, 2.05) is 0 Å². The summed E-state index contributed by atoms with van der Waals surface area (Å²) >= 11 is 0. The lowest BCUT2D eigenvalue weighted by Crippen LogP contribution is -2.67. The van der Waals surface area contributed by atoms with Crippen LogP contribution in [0.1, 0.15) is 20.3 Å². The molecule has 0 aliphatic carbocycles. The molecule has 0 radical (unpaired) electrons. The lowest BCUT2D eigenvalue weighted by Gasteiger charge is -2.49. The summed E-state index contributed by atoms with van der Waals surface area (Å²) in [6, 6.07) is 2.80. The molecule has 2 aliphatic rings. The highest BCUT2D eigenvalue weighted by Gasteiger charge is 2.56. The van der Waals surface area contributed by atoms with Crippen LogP contribution in [-0.4, -0.2) is 54.9 Å². The third-order valence-corrected chi connectivity index (χ3v) is 6.76. The first-order valence-electron chi connectivity index (χ1n) is 7.71. The number of halogens is 1.